The number of para-hydroxylation sites is 1. The van der Waals surface area contributed by atoms with Gasteiger partial charge in [-0.2, -0.15) is 0 Å². The van der Waals surface area contributed by atoms with Gasteiger partial charge in [-0.1, -0.05) is 32.0 Å². The van der Waals surface area contributed by atoms with Crippen molar-refractivity contribution in [3.63, 3.8) is 0 Å². The summed E-state index contributed by atoms with van der Waals surface area (Å²) in [5, 5.41) is 0. The molecule has 0 bridgehead atoms. The molecule has 108 valence electrons. The predicted octanol–water partition coefficient (Wildman–Crippen LogP) is 4.10. The molecule has 1 unspecified atom stereocenters. The summed E-state index contributed by atoms with van der Waals surface area (Å²) in [4.78, 5) is 16.2. The summed E-state index contributed by atoms with van der Waals surface area (Å²) in [7, 11) is 1.46. The van der Waals surface area contributed by atoms with Crippen molar-refractivity contribution in [3.05, 3.63) is 29.8 Å². The molecule has 1 aromatic carbocycles. The average molecular weight is 273 g/mol. The number of aliphatic imine (C=N–C) groups is 1. The van der Waals surface area contributed by atoms with Gasteiger partial charge in [0.05, 0.1) is 18.7 Å². The van der Waals surface area contributed by atoms with Crippen LogP contribution < -0.4 is 0 Å². The van der Waals surface area contributed by atoms with Crippen LogP contribution in [0, 0.1) is 11.8 Å². The zero-order chi connectivity index (χ0) is 14.5. The van der Waals surface area contributed by atoms with E-state index in [0.717, 1.165) is 24.9 Å². The lowest BCUT2D eigenvalue weighted by atomic mass is 10.0. The van der Waals surface area contributed by atoms with Gasteiger partial charge in [0.2, 0.25) is 0 Å². The molecule has 2 atom stereocenters. The van der Waals surface area contributed by atoms with E-state index in [1.54, 1.807) is 0 Å². The fourth-order valence-corrected chi connectivity index (χ4v) is 2.81. The molecule has 0 radical (unpaired) electrons. The van der Waals surface area contributed by atoms with E-state index >= 15 is 0 Å². The predicted molar refractivity (Wildman–Crippen MR) is 81.5 cm³/mol. The summed E-state index contributed by atoms with van der Waals surface area (Å²) in [5.74, 6) is 0.828. The van der Waals surface area contributed by atoms with Gasteiger partial charge in [-0.3, -0.25) is 9.79 Å². The van der Waals surface area contributed by atoms with Crippen LogP contribution in [-0.4, -0.2) is 19.3 Å². The smallest absolute Gasteiger partial charge is 0.308 e. The number of rotatable bonds is 4. The van der Waals surface area contributed by atoms with Crippen LogP contribution in [0.3, 0.4) is 0 Å². The third-order valence-electron chi connectivity index (χ3n) is 3.99. The summed E-state index contributed by atoms with van der Waals surface area (Å²) in [6.07, 6.45) is 4.81. The van der Waals surface area contributed by atoms with Gasteiger partial charge in [0.1, 0.15) is 0 Å². The van der Waals surface area contributed by atoms with Crippen LogP contribution in [0.2, 0.25) is 0 Å². The number of carbonyl (C=O) groups excluding carboxylic acids is 1. The summed E-state index contributed by atoms with van der Waals surface area (Å²) in [5.41, 5.74) is 2.32. The number of nitrogens with zero attached hydrogens (tertiary/aromatic N) is 1. The molecule has 1 aliphatic rings. The van der Waals surface area contributed by atoms with Crippen LogP contribution >= 0.6 is 0 Å². The Labute approximate surface area is 121 Å². The monoisotopic (exact) mass is 273 g/mol. The SMILES string of the molecule is COC(=O)[C@H]1CCC(C=Nc2ccccc2C(C)C)C1. The maximum absolute atomic E-state index is 11.5. The number of hydrogen-bond donors (Lipinski definition) is 0. The molecule has 1 fully saturated rings. The summed E-state index contributed by atoms with van der Waals surface area (Å²) >= 11 is 0. The van der Waals surface area contributed by atoms with Gasteiger partial charge in [0, 0.05) is 6.21 Å². The minimum atomic E-state index is -0.0801. The molecule has 3 heteroatoms. The van der Waals surface area contributed by atoms with Crippen molar-refractivity contribution in [1.29, 1.82) is 0 Å². The van der Waals surface area contributed by atoms with E-state index < -0.39 is 0 Å². The first-order valence-electron chi connectivity index (χ1n) is 7.32. The van der Waals surface area contributed by atoms with E-state index in [4.69, 9.17) is 4.74 Å². The third kappa shape index (κ3) is 3.47. The van der Waals surface area contributed by atoms with E-state index in [-0.39, 0.29) is 11.9 Å². The maximum Gasteiger partial charge on any atom is 0.308 e. The molecule has 20 heavy (non-hydrogen) atoms. The van der Waals surface area contributed by atoms with Gasteiger partial charge in [-0.05, 0) is 42.7 Å². The lowest BCUT2D eigenvalue weighted by Gasteiger charge is -2.09. The quantitative estimate of drug-likeness (QED) is 0.612. The van der Waals surface area contributed by atoms with Gasteiger partial charge in [0.15, 0.2) is 0 Å². The Morgan fingerprint density at radius 3 is 2.80 bits per heavy atom. The van der Waals surface area contributed by atoms with Gasteiger partial charge in [0.25, 0.3) is 0 Å². The van der Waals surface area contributed by atoms with Crippen LogP contribution in [0.5, 0.6) is 0 Å². The van der Waals surface area contributed by atoms with Gasteiger partial charge in [-0.25, -0.2) is 0 Å². The lowest BCUT2D eigenvalue weighted by molar-refractivity contribution is -0.145. The highest BCUT2D eigenvalue weighted by atomic mass is 16.5. The Hall–Kier alpha value is -1.64. The Morgan fingerprint density at radius 1 is 1.35 bits per heavy atom. The Bertz CT molecular complexity index is 494. The average Bonchev–Trinajstić information content (AvgIpc) is 2.93. The minimum Gasteiger partial charge on any atom is -0.469 e. The molecule has 1 aliphatic carbocycles. The second kappa shape index (κ2) is 6.69. The van der Waals surface area contributed by atoms with Crippen LogP contribution in [0.15, 0.2) is 29.3 Å². The van der Waals surface area contributed by atoms with Crippen molar-refractivity contribution in [3.8, 4) is 0 Å². The summed E-state index contributed by atoms with van der Waals surface area (Å²) in [6, 6.07) is 8.25. The summed E-state index contributed by atoms with van der Waals surface area (Å²) < 4.78 is 4.81. The second-order valence-electron chi connectivity index (χ2n) is 5.78. The number of benzene rings is 1. The number of carbonyl (C=O) groups is 1. The Balaban J connectivity index is 2.03. The Morgan fingerprint density at radius 2 is 2.10 bits per heavy atom. The zero-order valence-corrected chi connectivity index (χ0v) is 12.5. The number of hydrogen-bond acceptors (Lipinski definition) is 3. The van der Waals surface area contributed by atoms with Gasteiger partial charge >= 0.3 is 5.97 Å². The van der Waals surface area contributed by atoms with Crippen molar-refractivity contribution in [2.45, 2.75) is 39.0 Å². The first-order valence-corrected chi connectivity index (χ1v) is 7.32. The topological polar surface area (TPSA) is 38.7 Å². The normalized spacial score (nSPS) is 22.6. The van der Waals surface area contributed by atoms with Gasteiger partial charge in [-0.15, -0.1) is 0 Å². The van der Waals surface area contributed by atoms with E-state index in [1.807, 2.05) is 12.3 Å². The van der Waals surface area contributed by atoms with Crippen molar-refractivity contribution in [2.75, 3.05) is 7.11 Å². The molecule has 0 saturated heterocycles. The fraction of sp³-hybridized carbons (Fsp3) is 0.529. The van der Waals surface area contributed by atoms with Crippen LogP contribution in [0.25, 0.3) is 0 Å². The van der Waals surface area contributed by atoms with Crippen molar-refractivity contribution >= 4 is 17.9 Å². The molecule has 2 rings (SSSR count). The first-order chi connectivity index (χ1) is 9.61. The zero-order valence-electron chi connectivity index (χ0n) is 12.5. The minimum absolute atomic E-state index is 0.0526. The van der Waals surface area contributed by atoms with E-state index in [9.17, 15) is 4.79 Å². The summed E-state index contributed by atoms with van der Waals surface area (Å²) in [6.45, 7) is 4.36. The number of ether oxygens (including phenoxy) is 1. The Kier molecular flexibility index (Phi) is 4.94. The van der Waals surface area contributed by atoms with Crippen molar-refractivity contribution in [1.82, 2.24) is 0 Å². The van der Waals surface area contributed by atoms with Gasteiger partial charge < -0.3 is 4.74 Å². The van der Waals surface area contributed by atoms with Crippen molar-refractivity contribution in [2.24, 2.45) is 16.8 Å². The molecule has 1 saturated carbocycles. The molecular weight excluding hydrogens is 250 g/mol. The highest BCUT2D eigenvalue weighted by Gasteiger charge is 2.29. The van der Waals surface area contributed by atoms with E-state index in [1.165, 1.54) is 12.7 Å². The molecule has 0 heterocycles. The van der Waals surface area contributed by atoms with E-state index in [2.05, 4.69) is 37.0 Å². The molecule has 0 spiro atoms. The number of esters is 1. The molecule has 0 N–H and O–H groups in total. The molecule has 0 aliphatic heterocycles. The first kappa shape index (κ1) is 14.8. The molecule has 0 amide bonds. The molecular formula is C17H23NO2. The second-order valence-corrected chi connectivity index (χ2v) is 5.78. The highest BCUT2D eigenvalue weighted by Crippen LogP contribution is 2.32. The highest BCUT2D eigenvalue weighted by molar-refractivity contribution is 5.75. The number of methoxy groups -OCH3 is 1. The molecule has 3 nitrogen and oxygen atoms in total. The molecule has 0 aromatic heterocycles. The largest absolute Gasteiger partial charge is 0.469 e. The van der Waals surface area contributed by atoms with Crippen molar-refractivity contribution < 1.29 is 9.53 Å². The standard InChI is InChI=1S/C17H23NO2/c1-12(2)15-6-4-5-7-16(15)18-11-13-8-9-14(10-13)17(19)20-3/h4-7,11-14H,8-10H2,1-3H3/t13?,14-/m0/s1. The lowest BCUT2D eigenvalue weighted by Crippen LogP contribution is -2.13. The van der Waals surface area contributed by atoms with E-state index in [0.29, 0.717) is 11.8 Å². The molecule has 1 aromatic rings. The fourth-order valence-electron chi connectivity index (χ4n) is 2.81. The van der Waals surface area contributed by atoms with Crippen LogP contribution in [0.4, 0.5) is 5.69 Å². The third-order valence-corrected chi connectivity index (χ3v) is 3.99. The van der Waals surface area contributed by atoms with Crippen LogP contribution in [0.1, 0.15) is 44.6 Å². The van der Waals surface area contributed by atoms with Crippen LogP contribution in [-0.2, 0) is 9.53 Å². The maximum atomic E-state index is 11.5.